The predicted octanol–water partition coefficient (Wildman–Crippen LogP) is 2.64. The van der Waals surface area contributed by atoms with Crippen LogP contribution in [0.5, 0.6) is 0 Å². The first-order valence-electron chi connectivity index (χ1n) is 8.30. The van der Waals surface area contributed by atoms with Gasteiger partial charge in [0, 0.05) is 30.4 Å². The van der Waals surface area contributed by atoms with E-state index in [0.29, 0.717) is 17.8 Å². The van der Waals surface area contributed by atoms with Crippen molar-refractivity contribution in [2.24, 2.45) is 0 Å². The van der Waals surface area contributed by atoms with Gasteiger partial charge in [-0.2, -0.15) is 0 Å². The molecule has 0 spiro atoms. The minimum Gasteiger partial charge on any atom is -0.334 e. The van der Waals surface area contributed by atoms with Gasteiger partial charge in [0.2, 0.25) is 5.91 Å². The van der Waals surface area contributed by atoms with E-state index in [1.54, 1.807) is 31.2 Å². The molecule has 0 radical (unpaired) electrons. The second-order valence-electron chi connectivity index (χ2n) is 5.81. The Hall–Kier alpha value is -2.08. The average Bonchev–Trinajstić information content (AvgIpc) is 2.55. The number of nitrogens with one attached hydrogen (secondary N) is 3. The van der Waals surface area contributed by atoms with Crippen molar-refractivity contribution in [2.75, 3.05) is 30.3 Å². The molecule has 1 aliphatic heterocycles. The van der Waals surface area contributed by atoms with E-state index in [1.165, 1.54) is 0 Å². The number of amides is 3. The molecule has 0 saturated carbocycles. The normalized spacial score (nSPS) is 18.3. The number of likely N-dealkylation sites (tertiary alicyclic amines) is 1. The quantitative estimate of drug-likeness (QED) is 0.781. The van der Waals surface area contributed by atoms with Crippen molar-refractivity contribution in [1.29, 1.82) is 0 Å². The maximum absolute atomic E-state index is 12.1. The Morgan fingerprint density at radius 3 is 2.65 bits per heavy atom. The Balaban J connectivity index is 1.87. The maximum atomic E-state index is 12.1. The summed E-state index contributed by atoms with van der Waals surface area (Å²) in [5.74, 6) is -0.0477. The summed E-state index contributed by atoms with van der Waals surface area (Å²) >= 11 is 0. The predicted molar refractivity (Wildman–Crippen MR) is 92.7 cm³/mol. The van der Waals surface area contributed by atoms with Crippen LogP contribution in [0.4, 0.5) is 16.2 Å². The molecule has 3 amide bonds. The van der Waals surface area contributed by atoms with E-state index in [9.17, 15) is 9.59 Å². The highest BCUT2D eigenvalue weighted by Crippen LogP contribution is 2.16. The molecule has 2 rings (SSSR count). The second kappa shape index (κ2) is 8.53. The molecule has 1 unspecified atom stereocenters. The van der Waals surface area contributed by atoms with E-state index in [2.05, 4.69) is 27.8 Å². The van der Waals surface area contributed by atoms with E-state index < -0.39 is 0 Å². The highest BCUT2D eigenvalue weighted by atomic mass is 16.2. The molecule has 0 aliphatic carbocycles. The van der Waals surface area contributed by atoms with Gasteiger partial charge in [-0.25, -0.2) is 4.79 Å². The molecule has 23 heavy (non-hydrogen) atoms. The van der Waals surface area contributed by atoms with Crippen LogP contribution in [0.15, 0.2) is 24.3 Å². The van der Waals surface area contributed by atoms with Crippen molar-refractivity contribution in [3.63, 3.8) is 0 Å². The first kappa shape index (κ1) is 17.3. The summed E-state index contributed by atoms with van der Waals surface area (Å²) in [5.41, 5.74) is 1.35. The van der Waals surface area contributed by atoms with Crippen LogP contribution in [-0.4, -0.2) is 42.5 Å². The van der Waals surface area contributed by atoms with Crippen LogP contribution in [0, 0.1) is 0 Å². The van der Waals surface area contributed by atoms with E-state index >= 15 is 0 Å². The second-order valence-corrected chi connectivity index (χ2v) is 5.81. The smallest absolute Gasteiger partial charge is 0.319 e. The monoisotopic (exact) mass is 318 g/mol. The molecule has 3 N–H and O–H groups in total. The van der Waals surface area contributed by atoms with Gasteiger partial charge in [0.1, 0.15) is 0 Å². The summed E-state index contributed by atoms with van der Waals surface area (Å²) in [6, 6.07) is 7.16. The number of carbonyl (C=O) groups excluding carboxylic acids is 2. The fraction of sp³-hybridized carbons (Fsp3) is 0.529. The van der Waals surface area contributed by atoms with Crippen molar-refractivity contribution in [1.82, 2.24) is 10.2 Å². The van der Waals surface area contributed by atoms with Crippen LogP contribution < -0.4 is 16.0 Å². The molecule has 1 heterocycles. The summed E-state index contributed by atoms with van der Waals surface area (Å²) in [6.07, 6.45) is 2.54. The van der Waals surface area contributed by atoms with Crippen LogP contribution >= 0.6 is 0 Å². The van der Waals surface area contributed by atoms with Gasteiger partial charge < -0.3 is 20.9 Å². The van der Waals surface area contributed by atoms with Gasteiger partial charge in [0.25, 0.3) is 0 Å². The summed E-state index contributed by atoms with van der Waals surface area (Å²) in [4.78, 5) is 25.9. The standard InChI is InChI=1S/C17H26N4O2/c1-3-16(22)18-13-7-5-8-14(11-13)19-17(23)20-15-9-6-10-21(4-2)12-15/h5,7-8,11,15H,3-4,6,9-10,12H2,1-2H3,(H,18,22)(H2,19,20,23). The lowest BCUT2D eigenvalue weighted by Crippen LogP contribution is -2.48. The number of nitrogens with zero attached hydrogens (tertiary/aromatic N) is 1. The summed E-state index contributed by atoms with van der Waals surface area (Å²) in [6.45, 7) is 6.96. The molecule has 1 fully saturated rings. The van der Waals surface area contributed by atoms with Gasteiger partial charge in [0.15, 0.2) is 0 Å². The third-order valence-corrected chi connectivity index (χ3v) is 4.01. The van der Waals surface area contributed by atoms with Crippen molar-refractivity contribution in [3.8, 4) is 0 Å². The maximum Gasteiger partial charge on any atom is 0.319 e. The van der Waals surface area contributed by atoms with E-state index in [-0.39, 0.29) is 18.0 Å². The average molecular weight is 318 g/mol. The van der Waals surface area contributed by atoms with E-state index in [0.717, 1.165) is 32.5 Å². The van der Waals surface area contributed by atoms with Crippen molar-refractivity contribution < 1.29 is 9.59 Å². The van der Waals surface area contributed by atoms with Crippen LogP contribution in [0.1, 0.15) is 33.1 Å². The Bertz CT molecular complexity index is 547. The number of likely N-dealkylation sites (N-methyl/N-ethyl adjacent to an activating group) is 1. The molecule has 6 heteroatoms. The molecule has 1 aromatic rings. The third-order valence-electron chi connectivity index (χ3n) is 4.01. The lowest BCUT2D eigenvalue weighted by Gasteiger charge is -2.32. The van der Waals surface area contributed by atoms with E-state index in [1.807, 2.05) is 0 Å². The van der Waals surface area contributed by atoms with Crippen LogP contribution in [-0.2, 0) is 4.79 Å². The third kappa shape index (κ3) is 5.56. The van der Waals surface area contributed by atoms with Gasteiger partial charge in [-0.1, -0.05) is 19.9 Å². The number of hydrogen-bond acceptors (Lipinski definition) is 3. The van der Waals surface area contributed by atoms with Crippen molar-refractivity contribution in [3.05, 3.63) is 24.3 Å². The number of rotatable bonds is 5. The SMILES string of the molecule is CCC(=O)Nc1cccc(NC(=O)NC2CCCN(CC)C2)c1. The molecular weight excluding hydrogens is 292 g/mol. The van der Waals surface area contributed by atoms with Crippen LogP contribution in [0.2, 0.25) is 0 Å². The number of urea groups is 1. The summed E-state index contributed by atoms with van der Waals surface area (Å²) < 4.78 is 0. The zero-order valence-corrected chi connectivity index (χ0v) is 13.9. The number of hydrogen-bond donors (Lipinski definition) is 3. The lowest BCUT2D eigenvalue weighted by atomic mass is 10.1. The topological polar surface area (TPSA) is 73.5 Å². The Kier molecular flexibility index (Phi) is 6.40. The molecule has 6 nitrogen and oxygen atoms in total. The zero-order chi connectivity index (χ0) is 16.7. The van der Waals surface area contributed by atoms with Gasteiger partial charge >= 0.3 is 6.03 Å². The highest BCUT2D eigenvalue weighted by Gasteiger charge is 2.20. The number of anilines is 2. The zero-order valence-electron chi connectivity index (χ0n) is 13.9. The molecule has 0 aromatic heterocycles. The van der Waals surface area contributed by atoms with Crippen LogP contribution in [0.25, 0.3) is 0 Å². The Morgan fingerprint density at radius 2 is 1.96 bits per heavy atom. The number of piperidine rings is 1. The lowest BCUT2D eigenvalue weighted by molar-refractivity contribution is -0.115. The molecule has 1 aliphatic rings. The van der Waals surface area contributed by atoms with Gasteiger partial charge in [-0.15, -0.1) is 0 Å². The minimum atomic E-state index is -0.202. The molecule has 0 bridgehead atoms. The molecule has 1 aromatic carbocycles. The van der Waals surface area contributed by atoms with Gasteiger partial charge in [0.05, 0.1) is 0 Å². The summed E-state index contributed by atoms with van der Waals surface area (Å²) in [7, 11) is 0. The number of benzene rings is 1. The van der Waals surface area contributed by atoms with Crippen molar-refractivity contribution in [2.45, 2.75) is 39.2 Å². The van der Waals surface area contributed by atoms with E-state index in [4.69, 9.17) is 0 Å². The van der Waals surface area contributed by atoms with Crippen molar-refractivity contribution >= 4 is 23.3 Å². The fourth-order valence-electron chi connectivity index (χ4n) is 2.74. The van der Waals surface area contributed by atoms with Gasteiger partial charge in [-0.05, 0) is 44.1 Å². The molecule has 1 saturated heterocycles. The molecule has 126 valence electrons. The first-order valence-corrected chi connectivity index (χ1v) is 8.30. The van der Waals surface area contributed by atoms with Gasteiger partial charge in [-0.3, -0.25) is 4.79 Å². The Morgan fingerprint density at radius 1 is 1.22 bits per heavy atom. The van der Waals surface area contributed by atoms with Crippen LogP contribution in [0.3, 0.4) is 0 Å². The summed E-state index contributed by atoms with van der Waals surface area (Å²) in [5, 5.41) is 8.64. The minimum absolute atomic E-state index is 0.0477. The first-order chi connectivity index (χ1) is 11.1. The fourth-order valence-corrected chi connectivity index (χ4v) is 2.74. The highest BCUT2D eigenvalue weighted by molar-refractivity contribution is 5.93. The Labute approximate surface area is 137 Å². The number of carbonyl (C=O) groups is 2. The largest absolute Gasteiger partial charge is 0.334 e. The molecular formula is C17H26N4O2. The molecule has 1 atom stereocenters.